The van der Waals surface area contributed by atoms with Crippen molar-refractivity contribution in [1.82, 2.24) is 19.6 Å². The molecule has 0 saturated heterocycles. The van der Waals surface area contributed by atoms with Crippen LogP contribution in [0.25, 0.3) is 16.9 Å². The van der Waals surface area contributed by atoms with Crippen molar-refractivity contribution in [2.75, 3.05) is 12.4 Å². The van der Waals surface area contributed by atoms with Crippen molar-refractivity contribution in [3.63, 3.8) is 0 Å². The molecule has 0 unspecified atom stereocenters. The summed E-state index contributed by atoms with van der Waals surface area (Å²) in [5, 5.41) is 11.6. The second-order valence-corrected chi connectivity index (χ2v) is 8.91. The lowest BCUT2D eigenvalue weighted by Crippen LogP contribution is -2.15. The summed E-state index contributed by atoms with van der Waals surface area (Å²) >= 11 is 0. The van der Waals surface area contributed by atoms with E-state index in [0.29, 0.717) is 28.5 Å². The van der Waals surface area contributed by atoms with E-state index in [1.54, 1.807) is 24.4 Å². The molecule has 0 bridgehead atoms. The van der Waals surface area contributed by atoms with Crippen LogP contribution in [0, 0.1) is 6.92 Å². The van der Waals surface area contributed by atoms with Crippen LogP contribution in [0.4, 0.5) is 5.69 Å². The van der Waals surface area contributed by atoms with Crippen LogP contribution in [0.15, 0.2) is 54.9 Å². The molecule has 0 radical (unpaired) electrons. The Morgan fingerprint density at radius 3 is 2.54 bits per heavy atom. The maximum atomic E-state index is 13.2. The first-order valence-electron chi connectivity index (χ1n) is 11.9. The highest BCUT2D eigenvalue weighted by Crippen LogP contribution is 2.32. The van der Waals surface area contributed by atoms with E-state index in [0.717, 1.165) is 35.4 Å². The Balaban J connectivity index is 1.40. The van der Waals surface area contributed by atoms with Gasteiger partial charge in [-0.1, -0.05) is 43.5 Å². The molecule has 35 heavy (non-hydrogen) atoms. The fourth-order valence-corrected chi connectivity index (χ4v) is 4.81. The van der Waals surface area contributed by atoms with Crippen LogP contribution < -0.4 is 5.32 Å². The van der Waals surface area contributed by atoms with Gasteiger partial charge >= 0.3 is 5.97 Å². The Kier molecular flexibility index (Phi) is 6.27. The second kappa shape index (κ2) is 9.66. The first-order chi connectivity index (χ1) is 17.0. The molecule has 4 aromatic rings. The number of benzene rings is 2. The molecular weight excluding hydrogens is 442 g/mol. The summed E-state index contributed by atoms with van der Waals surface area (Å²) in [6, 6.07) is 12.8. The van der Waals surface area contributed by atoms with Gasteiger partial charge in [0.2, 0.25) is 0 Å². The zero-order valence-electron chi connectivity index (χ0n) is 19.8. The summed E-state index contributed by atoms with van der Waals surface area (Å²) in [5.41, 5.74) is 4.31. The minimum atomic E-state index is -0.383. The molecule has 2 aromatic carbocycles. The summed E-state index contributed by atoms with van der Waals surface area (Å²) in [6.07, 6.45) is 9.33. The van der Waals surface area contributed by atoms with Crippen LogP contribution in [0.5, 0.6) is 0 Å². The molecular formula is C27H27N5O3. The van der Waals surface area contributed by atoms with Crippen molar-refractivity contribution in [3.05, 3.63) is 77.4 Å². The lowest BCUT2D eigenvalue weighted by molar-refractivity contribution is 0.0600. The van der Waals surface area contributed by atoms with Crippen LogP contribution in [0.1, 0.15) is 70.1 Å². The number of esters is 1. The third-order valence-corrected chi connectivity index (χ3v) is 6.72. The predicted octanol–water partition coefficient (Wildman–Crippen LogP) is 5.19. The molecule has 1 fully saturated rings. The van der Waals surface area contributed by atoms with Gasteiger partial charge < -0.3 is 10.1 Å². The highest BCUT2D eigenvalue weighted by Gasteiger charge is 2.22. The van der Waals surface area contributed by atoms with Gasteiger partial charge in [-0.05, 0) is 54.7 Å². The van der Waals surface area contributed by atoms with E-state index in [1.807, 2.05) is 41.8 Å². The van der Waals surface area contributed by atoms with Crippen LogP contribution in [0.3, 0.4) is 0 Å². The zero-order chi connectivity index (χ0) is 24.4. The van der Waals surface area contributed by atoms with Gasteiger partial charge in [-0.15, -0.1) is 10.2 Å². The number of methoxy groups -OCH3 is 1. The van der Waals surface area contributed by atoms with E-state index < -0.39 is 0 Å². The average molecular weight is 470 g/mol. The lowest BCUT2D eigenvalue weighted by Gasteiger charge is -2.19. The molecule has 1 aliphatic carbocycles. The van der Waals surface area contributed by atoms with Gasteiger partial charge in [0, 0.05) is 17.7 Å². The molecule has 2 heterocycles. The summed E-state index contributed by atoms with van der Waals surface area (Å²) in [6.45, 7) is 1.92. The molecule has 1 saturated carbocycles. The highest BCUT2D eigenvalue weighted by atomic mass is 16.5. The van der Waals surface area contributed by atoms with Crippen molar-refractivity contribution in [3.8, 4) is 11.1 Å². The van der Waals surface area contributed by atoms with Gasteiger partial charge in [0.1, 0.15) is 5.82 Å². The number of carbonyl (C=O) groups is 2. The summed E-state index contributed by atoms with van der Waals surface area (Å²) < 4.78 is 6.67. The van der Waals surface area contributed by atoms with Crippen molar-refractivity contribution >= 4 is 23.3 Å². The molecule has 178 valence electrons. The molecule has 0 aliphatic heterocycles. The van der Waals surface area contributed by atoms with E-state index in [9.17, 15) is 9.59 Å². The summed E-state index contributed by atoms with van der Waals surface area (Å²) in [7, 11) is 1.36. The lowest BCUT2D eigenvalue weighted by atomic mass is 9.89. The number of rotatable bonds is 5. The van der Waals surface area contributed by atoms with Crippen LogP contribution in [0.2, 0.25) is 0 Å². The minimum Gasteiger partial charge on any atom is -0.465 e. The number of fused-ring (bicyclic) bond motifs is 1. The van der Waals surface area contributed by atoms with E-state index in [-0.39, 0.29) is 11.9 Å². The quantitative estimate of drug-likeness (QED) is 0.404. The van der Waals surface area contributed by atoms with Gasteiger partial charge in [-0.25, -0.2) is 9.78 Å². The summed E-state index contributed by atoms with van der Waals surface area (Å²) in [5.74, 6) is 1.22. The first-order valence-corrected chi connectivity index (χ1v) is 11.9. The molecule has 0 spiro atoms. The Morgan fingerprint density at radius 1 is 1.03 bits per heavy atom. The normalized spacial score (nSPS) is 14.1. The highest BCUT2D eigenvalue weighted by molar-refractivity contribution is 6.06. The SMILES string of the molecule is COC(=O)c1ccc(-c2cccc(C(=O)Nc3cnc4nnc(C5CCCCC5)n4c3)c2C)cc1. The molecule has 0 atom stereocenters. The van der Waals surface area contributed by atoms with Crippen molar-refractivity contribution in [1.29, 1.82) is 0 Å². The van der Waals surface area contributed by atoms with Crippen molar-refractivity contribution < 1.29 is 14.3 Å². The minimum absolute atomic E-state index is 0.219. The second-order valence-electron chi connectivity index (χ2n) is 8.91. The largest absolute Gasteiger partial charge is 0.465 e. The molecule has 5 rings (SSSR count). The standard InChI is InChI=1S/C27H27N5O3/c1-17-22(18-11-13-20(14-12-18)26(34)35-2)9-6-10-23(17)25(33)29-21-15-28-27-31-30-24(32(27)16-21)19-7-4-3-5-8-19/h6,9-16,19H,3-5,7-8H2,1-2H3,(H,29,33). The number of ether oxygens (including phenoxy) is 1. The fraction of sp³-hybridized carbons (Fsp3) is 0.296. The first kappa shape index (κ1) is 22.7. The maximum absolute atomic E-state index is 13.2. The number of carbonyl (C=O) groups excluding carboxylic acids is 2. The third kappa shape index (κ3) is 4.51. The molecule has 1 aliphatic rings. The average Bonchev–Trinajstić information content (AvgIpc) is 3.32. The number of nitrogens with one attached hydrogen (secondary N) is 1. The number of anilines is 1. The molecule has 1 N–H and O–H groups in total. The van der Waals surface area contributed by atoms with Gasteiger partial charge in [0.25, 0.3) is 11.7 Å². The van der Waals surface area contributed by atoms with E-state index in [1.165, 1.54) is 26.4 Å². The molecule has 8 heteroatoms. The van der Waals surface area contributed by atoms with Crippen molar-refractivity contribution in [2.24, 2.45) is 0 Å². The molecule has 2 aromatic heterocycles. The van der Waals surface area contributed by atoms with Crippen LogP contribution in [-0.2, 0) is 4.74 Å². The Labute approximate surface area is 203 Å². The fourth-order valence-electron chi connectivity index (χ4n) is 4.81. The third-order valence-electron chi connectivity index (χ3n) is 6.72. The number of hydrogen-bond donors (Lipinski definition) is 1. The van der Waals surface area contributed by atoms with E-state index >= 15 is 0 Å². The van der Waals surface area contributed by atoms with Crippen LogP contribution in [-0.4, -0.2) is 38.6 Å². The number of hydrogen-bond acceptors (Lipinski definition) is 6. The smallest absolute Gasteiger partial charge is 0.337 e. The Bertz CT molecular complexity index is 1390. The van der Waals surface area contributed by atoms with Gasteiger partial charge in [-0.2, -0.15) is 0 Å². The summed E-state index contributed by atoms with van der Waals surface area (Å²) in [4.78, 5) is 29.3. The predicted molar refractivity (Wildman–Crippen MR) is 133 cm³/mol. The van der Waals surface area contributed by atoms with E-state index in [4.69, 9.17) is 4.74 Å². The monoisotopic (exact) mass is 469 g/mol. The van der Waals surface area contributed by atoms with Gasteiger partial charge in [-0.3, -0.25) is 9.20 Å². The van der Waals surface area contributed by atoms with Crippen molar-refractivity contribution in [2.45, 2.75) is 44.9 Å². The van der Waals surface area contributed by atoms with Gasteiger partial charge in [0.15, 0.2) is 0 Å². The topological polar surface area (TPSA) is 98.5 Å². The number of nitrogens with zero attached hydrogens (tertiary/aromatic N) is 4. The number of aromatic nitrogens is 4. The Morgan fingerprint density at radius 2 is 1.80 bits per heavy atom. The van der Waals surface area contributed by atoms with Gasteiger partial charge in [0.05, 0.1) is 24.6 Å². The molecule has 8 nitrogen and oxygen atoms in total. The number of amides is 1. The Hall–Kier alpha value is -4.07. The van der Waals surface area contributed by atoms with E-state index in [2.05, 4.69) is 20.5 Å². The maximum Gasteiger partial charge on any atom is 0.337 e. The zero-order valence-corrected chi connectivity index (χ0v) is 19.8. The molecule has 1 amide bonds. The van der Waals surface area contributed by atoms with Crippen LogP contribution >= 0.6 is 0 Å².